The summed E-state index contributed by atoms with van der Waals surface area (Å²) in [6.07, 6.45) is -4.24. The molecule has 3 heterocycles. The summed E-state index contributed by atoms with van der Waals surface area (Å²) in [7, 11) is 1.41. The summed E-state index contributed by atoms with van der Waals surface area (Å²) in [5.74, 6) is 0.312. The number of nitrogens with zero attached hydrogens (tertiary/aromatic N) is 3. The molecule has 0 unspecified atom stereocenters. The first-order valence-electron chi connectivity index (χ1n) is 11.1. The Morgan fingerprint density at radius 2 is 1.74 bits per heavy atom. The van der Waals surface area contributed by atoms with Gasteiger partial charge in [-0.1, -0.05) is 12.1 Å². The SMILES string of the molecule is COc1ccc(C(F)(F)F)cc1N1Cc2sccc2N=C1N1CCC(F)(c2ccc(F)cc2)CC1. The van der Waals surface area contributed by atoms with Crippen molar-refractivity contribution in [1.82, 2.24) is 4.90 Å². The van der Waals surface area contributed by atoms with Gasteiger partial charge in [0.1, 0.15) is 17.2 Å². The second-order valence-corrected chi connectivity index (χ2v) is 9.57. The molecule has 3 aromatic rings. The molecule has 184 valence electrons. The zero-order chi connectivity index (χ0) is 24.8. The number of hydrogen-bond acceptors (Lipinski definition) is 5. The number of fused-ring (bicyclic) bond motifs is 1. The van der Waals surface area contributed by atoms with Gasteiger partial charge in [-0.15, -0.1) is 11.3 Å². The monoisotopic (exact) mass is 507 g/mol. The van der Waals surface area contributed by atoms with Gasteiger partial charge in [-0.25, -0.2) is 13.8 Å². The van der Waals surface area contributed by atoms with Crippen LogP contribution in [-0.2, 0) is 18.4 Å². The van der Waals surface area contributed by atoms with Gasteiger partial charge >= 0.3 is 6.18 Å². The van der Waals surface area contributed by atoms with Gasteiger partial charge in [0, 0.05) is 25.9 Å². The fraction of sp³-hybridized carbons (Fsp3) is 0.320. The quantitative estimate of drug-likeness (QED) is 0.362. The molecule has 0 saturated carbocycles. The summed E-state index contributed by atoms with van der Waals surface area (Å²) < 4.78 is 75.0. The lowest BCUT2D eigenvalue weighted by molar-refractivity contribution is -0.137. The normalized spacial score (nSPS) is 17.7. The van der Waals surface area contributed by atoms with Crippen molar-refractivity contribution < 1.29 is 26.7 Å². The van der Waals surface area contributed by atoms with Crippen LogP contribution in [0.1, 0.15) is 28.8 Å². The number of aliphatic imine (C=N–C) groups is 1. The molecule has 0 bridgehead atoms. The average molecular weight is 508 g/mol. The Hall–Kier alpha value is -3.14. The van der Waals surface area contributed by atoms with E-state index in [-0.39, 0.29) is 24.3 Å². The molecule has 1 fully saturated rings. The molecule has 0 spiro atoms. The number of guanidine groups is 1. The molecule has 2 aliphatic rings. The number of ether oxygens (including phenoxy) is 1. The highest BCUT2D eigenvalue weighted by atomic mass is 32.1. The Labute approximate surface area is 203 Å². The highest BCUT2D eigenvalue weighted by molar-refractivity contribution is 7.10. The number of likely N-dealkylation sites (tertiary alicyclic amines) is 1. The van der Waals surface area contributed by atoms with E-state index in [0.717, 1.165) is 22.7 Å². The van der Waals surface area contributed by atoms with E-state index in [1.807, 2.05) is 16.3 Å². The summed E-state index contributed by atoms with van der Waals surface area (Å²) in [6, 6.07) is 10.6. The minimum atomic E-state index is -4.52. The second-order valence-electron chi connectivity index (χ2n) is 8.57. The first-order valence-corrected chi connectivity index (χ1v) is 11.9. The molecule has 0 N–H and O–H groups in total. The lowest BCUT2D eigenvalue weighted by Crippen LogP contribution is -2.50. The standard InChI is InChI=1S/C25H22F5N3OS/c1-34-21-7-4-17(25(28,29)30)14-20(21)33-15-22-19(8-13-35-22)31-23(33)32-11-9-24(27,10-12-32)16-2-5-18(26)6-3-16/h2-8,13-14H,9-12,15H2,1H3. The van der Waals surface area contributed by atoms with Crippen molar-refractivity contribution in [1.29, 1.82) is 0 Å². The number of methoxy groups -OCH3 is 1. The number of rotatable bonds is 3. The predicted octanol–water partition coefficient (Wildman–Crippen LogP) is 6.88. The van der Waals surface area contributed by atoms with E-state index in [1.165, 1.54) is 48.8 Å². The molecule has 2 aliphatic heterocycles. The smallest absolute Gasteiger partial charge is 0.416 e. The van der Waals surface area contributed by atoms with Crippen LogP contribution in [0.3, 0.4) is 0 Å². The zero-order valence-electron chi connectivity index (χ0n) is 18.8. The summed E-state index contributed by atoms with van der Waals surface area (Å²) >= 11 is 1.47. The Kier molecular flexibility index (Phi) is 5.94. The van der Waals surface area contributed by atoms with Crippen molar-refractivity contribution in [2.75, 3.05) is 25.1 Å². The van der Waals surface area contributed by atoms with Gasteiger partial charge in [0.15, 0.2) is 0 Å². The number of thiophene rings is 1. The van der Waals surface area contributed by atoms with Crippen LogP contribution in [0.2, 0.25) is 0 Å². The van der Waals surface area contributed by atoms with Gasteiger partial charge in [-0.2, -0.15) is 13.2 Å². The molecule has 35 heavy (non-hydrogen) atoms. The maximum atomic E-state index is 15.7. The fourth-order valence-corrected chi connectivity index (χ4v) is 5.34. The van der Waals surface area contributed by atoms with E-state index in [4.69, 9.17) is 9.73 Å². The molecular formula is C25H22F5N3OS. The topological polar surface area (TPSA) is 28.1 Å². The number of halogens is 5. The van der Waals surface area contributed by atoms with E-state index in [2.05, 4.69) is 0 Å². The molecule has 1 aromatic heterocycles. The van der Waals surface area contributed by atoms with E-state index >= 15 is 4.39 Å². The second kappa shape index (κ2) is 8.82. The third-order valence-electron chi connectivity index (χ3n) is 6.48. The minimum absolute atomic E-state index is 0.141. The van der Waals surface area contributed by atoms with Gasteiger partial charge in [0.25, 0.3) is 0 Å². The van der Waals surface area contributed by atoms with Crippen LogP contribution in [0.25, 0.3) is 0 Å². The van der Waals surface area contributed by atoms with Gasteiger partial charge in [0.2, 0.25) is 5.96 Å². The predicted molar refractivity (Wildman–Crippen MR) is 126 cm³/mol. The number of alkyl halides is 4. The van der Waals surface area contributed by atoms with E-state index in [1.54, 1.807) is 4.90 Å². The molecular weight excluding hydrogens is 485 g/mol. The number of piperidine rings is 1. The molecule has 10 heteroatoms. The molecule has 0 atom stereocenters. The van der Waals surface area contributed by atoms with Gasteiger partial charge < -0.3 is 14.5 Å². The average Bonchev–Trinajstić information content (AvgIpc) is 3.31. The Morgan fingerprint density at radius 3 is 2.40 bits per heavy atom. The largest absolute Gasteiger partial charge is 0.495 e. The summed E-state index contributed by atoms with van der Waals surface area (Å²) in [6.45, 7) is 0.909. The summed E-state index contributed by atoms with van der Waals surface area (Å²) in [4.78, 5) is 9.26. The van der Waals surface area contributed by atoms with Crippen LogP contribution < -0.4 is 9.64 Å². The van der Waals surface area contributed by atoms with Crippen molar-refractivity contribution in [3.05, 3.63) is 75.7 Å². The van der Waals surface area contributed by atoms with E-state index in [9.17, 15) is 17.6 Å². The minimum Gasteiger partial charge on any atom is -0.495 e. The van der Waals surface area contributed by atoms with Crippen molar-refractivity contribution in [2.24, 2.45) is 4.99 Å². The Bertz CT molecular complexity index is 1250. The van der Waals surface area contributed by atoms with Crippen molar-refractivity contribution >= 4 is 28.7 Å². The van der Waals surface area contributed by atoms with Crippen LogP contribution in [0.4, 0.5) is 33.3 Å². The van der Waals surface area contributed by atoms with Gasteiger partial charge in [-0.05, 0) is 47.3 Å². The third kappa shape index (κ3) is 4.47. The van der Waals surface area contributed by atoms with E-state index < -0.39 is 23.2 Å². The molecule has 1 saturated heterocycles. The van der Waals surface area contributed by atoms with Crippen LogP contribution >= 0.6 is 11.3 Å². The molecule has 4 nitrogen and oxygen atoms in total. The van der Waals surface area contributed by atoms with Crippen LogP contribution in [0.5, 0.6) is 5.75 Å². The maximum Gasteiger partial charge on any atom is 0.416 e. The molecule has 0 amide bonds. The summed E-state index contributed by atoms with van der Waals surface area (Å²) in [5.41, 5.74) is -0.993. The van der Waals surface area contributed by atoms with Gasteiger partial charge in [-0.3, -0.25) is 0 Å². The van der Waals surface area contributed by atoms with E-state index in [0.29, 0.717) is 31.2 Å². The van der Waals surface area contributed by atoms with Crippen molar-refractivity contribution in [3.63, 3.8) is 0 Å². The molecule has 2 aromatic carbocycles. The maximum absolute atomic E-state index is 15.7. The third-order valence-corrected chi connectivity index (χ3v) is 7.38. The lowest BCUT2D eigenvalue weighted by atomic mass is 9.86. The Balaban J connectivity index is 1.48. The number of hydrogen-bond donors (Lipinski definition) is 0. The van der Waals surface area contributed by atoms with Crippen LogP contribution in [0, 0.1) is 5.82 Å². The summed E-state index contributed by atoms with van der Waals surface area (Å²) in [5, 5.41) is 1.88. The lowest BCUT2D eigenvalue weighted by Gasteiger charge is -2.42. The number of anilines is 1. The van der Waals surface area contributed by atoms with Crippen molar-refractivity contribution in [3.8, 4) is 5.75 Å². The van der Waals surface area contributed by atoms with Crippen molar-refractivity contribution in [2.45, 2.75) is 31.2 Å². The molecule has 5 rings (SSSR count). The highest BCUT2D eigenvalue weighted by Gasteiger charge is 2.40. The van der Waals surface area contributed by atoms with Gasteiger partial charge in [0.05, 0.1) is 35.5 Å². The number of benzene rings is 2. The Morgan fingerprint density at radius 1 is 1.03 bits per heavy atom. The fourth-order valence-electron chi connectivity index (χ4n) is 4.54. The van der Waals surface area contributed by atoms with Crippen LogP contribution in [0.15, 0.2) is 58.9 Å². The van der Waals surface area contributed by atoms with Crippen LogP contribution in [-0.4, -0.2) is 31.1 Å². The first kappa shape index (κ1) is 23.6. The highest BCUT2D eigenvalue weighted by Crippen LogP contribution is 2.43. The zero-order valence-corrected chi connectivity index (χ0v) is 19.6. The molecule has 0 radical (unpaired) electrons. The molecule has 0 aliphatic carbocycles. The first-order chi connectivity index (χ1) is 16.7.